The third kappa shape index (κ3) is 7.33. The van der Waals surface area contributed by atoms with Gasteiger partial charge in [-0.2, -0.15) is 0 Å². The topological polar surface area (TPSA) is 181 Å². The van der Waals surface area contributed by atoms with Crippen molar-refractivity contribution >= 4 is 42.2 Å². The van der Waals surface area contributed by atoms with E-state index in [1.807, 2.05) is 34.6 Å². The number of nitrogens with zero attached hydrogens (tertiary/aromatic N) is 3. The number of ether oxygens (including phenoxy) is 1. The number of likely N-dealkylation sites (tertiary alicyclic amines) is 1. The number of Topliss-reactive ketones (excluding diaryl/α,β-unsaturated/α-hetero) is 1. The van der Waals surface area contributed by atoms with Gasteiger partial charge in [0, 0.05) is 25.2 Å². The zero-order valence-corrected chi connectivity index (χ0v) is 27.6. The molecule has 4 rings (SSSR count). The summed E-state index contributed by atoms with van der Waals surface area (Å²) in [7, 11) is 0. The van der Waals surface area contributed by atoms with E-state index >= 15 is 0 Å². The van der Waals surface area contributed by atoms with Gasteiger partial charge in [-0.15, -0.1) is 0 Å². The molecule has 2 aliphatic heterocycles. The summed E-state index contributed by atoms with van der Waals surface area (Å²) in [5.74, 6) is -1.79. The molecule has 0 bridgehead atoms. The van der Waals surface area contributed by atoms with Crippen LogP contribution < -0.4 is 16.4 Å². The number of carbonyl (C=O) groups excluding carboxylic acids is 6. The lowest BCUT2D eigenvalue weighted by atomic mass is 9.83. The second-order valence-electron chi connectivity index (χ2n) is 15.0. The molecule has 13 heteroatoms. The molecule has 4 aliphatic rings. The fourth-order valence-electron chi connectivity index (χ4n) is 7.03. The fourth-order valence-corrected chi connectivity index (χ4v) is 7.03. The minimum atomic E-state index is -1.44. The Labute approximate surface area is 265 Å². The number of carbonyl (C=O) groups is 6. The van der Waals surface area contributed by atoms with Crippen LogP contribution >= 0.6 is 0 Å². The molecular formula is C32H50N6O7. The number of cyclic esters (lactones) is 1. The van der Waals surface area contributed by atoms with E-state index in [1.165, 1.54) is 16.0 Å². The van der Waals surface area contributed by atoms with Crippen LogP contribution in [0.15, 0.2) is 4.99 Å². The minimum Gasteiger partial charge on any atom is -0.448 e. The zero-order chi connectivity index (χ0) is 33.4. The van der Waals surface area contributed by atoms with Crippen LogP contribution in [0.1, 0.15) is 67.7 Å². The van der Waals surface area contributed by atoms with Crippen LogP contribution in [0.5, 0.6) is 0 Å². The van der Waals surface area contributed by atoms with Crippen LogP contribution in [-0.2, 0) is 23.9 Å². The van der Waals surface area contributed by atoms with Crippen molar-refractivity contribution in [1.82, 2.24) is 20.4 Å². The molecule has 0 radical (unpaired) electrons. The van der Waals surface area contributed by atoms with Crippen LogP contribution in [0.3, 0.4) is 0 Å². The van der Waals surface area contributed by atoms with E-state index in [2.05, 4.69) is 29.5 Å². The summed E-state index contributed by atoms with van der Waals surface area (Å²) in [6.45, 7) is 14.8. The number of ketones is 1. The van der Waals surface area contributed by atoms with Crippen molar-refractivity contribution in [2.75, 3.05) is 26.2 Å². The highest BCUT2D eigenvalue weighted by molar-refractivity contribution is 6.37. The van der Waals surface area contributed by atoms with Gasteiger partial charge in [0.05, 0.1) is 12.6 Å². The standard InChI is InChI=1S/C32H50N6O7/c1-17(2)22(14-37-10-11-45-30(37)44)35-29(43)36-26(31(5,6)7)28(42)38-13-20-23(18(3)4)24(20)32(38,16-39)15-34-21(12-19-8-9-19)25(40)27(33)41/h15-24,26H,8-14H2,1-7H3,(H2,33,41)(H2,35,36,43)/t20-,21?,22-,23?,24-,26-,32-/m1/s1. The highest BCUT2D eigenvalue weighted by Gasteiger charge is 2.70. The minimum absolute atomic E-state index is 0.0165. The van der Waals surface area contributed by atoms with E-state index in [-0.39, 0.29) is 42.1 Å². The Morgan fingerprint density at radius 2 is 1.80 bits per heavy atom. The Balaban J connectivity index is 1.59. The smallest absolute Gasteiger partial charge is 0.410 e. The van der Waals surface area contributed by atoms with Crippen LogP contribution in [0.2, 0.25) is 0 Å². The number of nitrogens with one attached hydrogen (secondary N) is 2. The molecule has 2 saturated carbocycles. The molecule has 2 unspecified atom stereocenters. The first-order valence-electron chi connectivity index (χ1n) is 16.2. The Morgan fingerprint density at radius 3 is 2.29 bits per heavy atom. The van der Waals surface area contributed by atoms with Crippen molar-refractivity contribution in [2.45, 2.75) is 91.4 Å². The van der Waals surface area contributed by atoms with Gasteiger partial charge in [-0.3, -0.25) is 19.4 Å². The number of aliphatic imine (C=N–C) groups is 1. The monoisotopic (exact) mass is 630 g/mol. The molecule has 2 heterocycles. The summed E-state index contributed by atoms with van der Waals surface area (Å²) in [4.78, 5) is 84.9. The maximum Gasteiger partial charge on any atom is 0.410 e. The van der Waals surface area contributed by atoms with Gasteiger partial charge in [0.1, 0.15) is 24.2 Å². The van der Waals surface area contributed by atoms with Crippen LogP contribution in [0.25, 0.3) is 0 Å². The van der Waals surface area contributed by atoms with Gasteiger partial charge >= 0.3 is 12.1 Å². The molecule has 7 atom stereocenters. The van der Waals surface area contributed by atoms with Gasteiger partial charge in [-0.25, -0.2) is 9.59 Å². The number of fused-ring (bicyclic) bond motifs is 1. The number of rotatable bonds is 14. The highest BCUT2D eigenvalue weighted by Crippen LogP contribution is 2.62. The van der Waals surface area contributed by atoms with Gasteiger partial charge < -0.3 is 35.7 Å². The normalized spacial score (nSPS) is 28.1. The SMILES string of the molecule is CC(C)C1[C@H]2CN(C(=O)[C@@H](NC(=O)N[C@H](CN3CCOC3=O)C(C)C)C(C)(C)C)[C@@](C=O)(C=NC(CC3CC3)C(=O)C(N)=O)[C@@H]12. The molecule has 0 aromatic heterocycles. The highest BCUT2D eigenvalue weighted by atomic mass is 16.6. The van der Waals surface area contributed by atoms with E-state index in [1.54, 1.807) is 0 Å². The summed E-state index contributed by atoms with van der Waals surface area (Å²) in [6.07, 6.45) is 3.93. The van der Waals surface area contributed by atoms with Gasteiger partial charge in [0.25, 0.3) is 5.91 Å². The Bertz CT molecular complexity index is 1220. The van der Waals surface area contributed by atoms with Crippen molar-refractivity contribution in [1.29, 1.82) is 0 Å². The summed E-state index contributed by atoms with van der Waals surface area (Å²) in [5.41, 5.74) is 3.15. The van der Waals surface area contributed by atoms with Crippen molar-refractivity contribution in [3.8, 4) is 0 Å². The molecule has 4 fully saturated rings. The molecule has 4 N–H and O–H groups in total. The Hall–Kier alpha value is -3.51. The molecule has 0 aromatic carbocycles. The lowest BCUT2D eigenvalue weighted by Gasteiger charge is -2.41. The van der Waals surface area contributed by atoms with Crippen molar-refractivity contribution < 1.29 is 33.5 Å². The summed E-state index contributed by atoms with van der Waals surface area (Å²) < 4.78 is 5.02. The molecule has 5 amide bonds. The first-order valence-corrected chi connectivity index (χ1v) is 16.2. The Kier molecular flexibility index (Phi) is 9.99. The zero-order valence-electron chi connectivity index (χ0n) is 27.6. The lowest BCUT2D eigenvalue weighted by Crippen LogP contribution is -2.63. The summed E-state index contributed by atoms with van der Waals surface area (Å²) in [5, 5.41) is 5.79. The number of hydrogen-bond donors (Lipinski definition) is 3. The van der Waals surface area contributed by atoms with Crippen molar-refractivity contribution in [2.24, 2.45) is 51.6 Å². The number of hydrogen-bond acceptors (Lipinski definition) is 8. The number of amides is 5. The quantitative estimate of drug-likeness (QED) is 0.149. The third-order valence-electron chi connectivity index (χ3n) is 9.88. The lowest BCUT2D eigenvalue weighted by molar-refractivity contribution is -0.142. The number of urea groups is 1. The molecule has 13 nitrogen and oxygen atoms in total. The first kappa shape index (κ1) is 34.4. The van der Waals surface area contributed by atoms with Gasteiger partial charge in [-0.1, -0.05) is 61.3 Å². The molecule has 2 saturated heterocycles. The first-order chi connectivity index (χ1) is 21.0. The van der Waals surface area contributed by atoms with Gasteiger partial charge in [0.15, 0.2) is 6.29 Å². The fraction of sp³-hybridized carbons (Fsp3) is 0.781. The summed E-state index contributed by atoms with van der Waals surface area (Å²) >= 11 is 0. The molecule has 45 heavy (non-hydrogen) atoms. The van der Waals surface area contributed by atoms with Crippen molar-refractivity contribution in [3.63, 3.8) is 0 Å². The molecular weight excluding hydrogens is 580 g/mol. The maximum absolute atomic E-state index is 14.4. The van der Waals surface area contributed by atoms with E-state index in [0.29, 0.717) is 26.1 Å². The van der Waals surface area contributed by atoms with Gasteiger partial charge in [-0.05, 0) is 41.4 Å². The third-order valence-corrected chi connectivity index (χ3v) is 9.88. The average Bonchev–Trinajstić information content (AvgIpc) is 3.85. The average molecular weight is 631 g/mol. The number of piperidine rings is 1. The van der Waals surface area contributed by atoms with Crippen LogP contribution in [0, 0.1) is 40.9 Å². The van der Waals surface area contributed by atoms with E-state index < -0.39 is 58.8 Å². The Morgan fingerprint density at radius 1 is 1.13 bits per heavy atom. The maximum atomic E-state index is 14.4. The number of aldehydes is 1. The molecule has 0 spiro atoms. The largest absolute Gasteiger partial charge is 0.448 e. The van der Waals surface area contributed by atoms with E-state index in [0.717, 1.165) is 19.1 Å². The molecule has 0 aromatic rings. The predicted molar refractivity (Wildman–Crippen MR) is 166 cm³/mol. The second-order valence-corrected chi connectivity index (χ2v) is 15.0. The van der Waals surface area contributed by atoms with Gasteiger partial charge in [0.2, 0.25) is 11.7 Å². The number of primary amides is 1. The van der Waals surface area contributed by atoms with Crippen LogP contribution in [0.4, 0.5) is 9.59 Å². The van der Waals surface area contributed by atoms with E-state index in [4.69, 9.17) is 10.5 Å². The number of nitrogens with two attached hydrogens (primary N) is 1. The van der Waals surface area contributed by atoms with Crippen LogP contribution in [-0.4, -0.2) is 102 Å². The summed E-state index contributed by atoms with van der Waals surface area (Å²) in [6, 6.07) is -2.99. The van der Waals surface area contributed by atoms with Crippen molar-refractivity contribution in [3.05, 3.63) is 0 Å². The second kappa shape index (κ2) is 13.1. The molecule has 2 aliphatic carbocycles. The predicted octanol–water partition coefficient (Wildman–Crippen LogP) is 1.77. The van der Waals surface area contributed by atoms with E-state index in [9.17, 15) is 28.8 Å². The molecule has 250 valence electrons.